The first-order valence-electron chi connectivity index (χ1n) is 6.21. The van der Waals surface area contributed by atoms with Crippen molar-refractivity contribution >= 4 is 22.6 Å². The minimum absolute atomic E-state index is 0.151. The standard InChI is InChI=1S/C15H8ClF3N2O/c16-9-5-7-10(8-6-9)22-14-13(15(17,18)19)20-11-3-1-2-4-12(11)21-14/h1-8H. The summed E-state index contributed by atoms with van der Waals surface area (Å²) < 4.78 is 44.7. The van der Waals surface area contributed by atoms with E-state index in [2.05, 4.69) is 9.97 Å². The summed E-state index contributed by atoms with van der Waals surface area (Å²) in [5.41, 5.74) is -0.695. The SMILES string of the molecule is FC(F)(F)c1nc2ccccc2nc1Oc1ccc(Cl)cc1. The van der Waals surface area contributed by atoms with Gasteiger partial charge in [0.15, 0.2) is 0 Å². The molecular formula is C15H8ClF3N2O. The molecule has 3 aromatic rings. The smallest absolute Gasteiger partial charge is 0.437 e. The number of hydrogen-bond donors (Lipinski definition) is 0. The number of ether oxygens (including phenoxy) is 1. The summed E-state index contributed by atoms with van der Waals surface area (Å²) in [6.07, 6.45) is -4.67. The van der Waals surface area contributed by atoms with Crippen LogP contribution < -0.4 is 4.74 Å². The number of benzene rings is 2. The maximum absolute atomic E-state index is 13.1. The molecule has 7 heteroatoms. The van der Waals surface area contributed by atoms with Crippen LogP contribution in [0.25, 0.3) is 11.0 Å². The van der Waals surface area contributed by atoms with E-state index in [0.717, 1.165) is 0 Å². The van der Waals surface area contributed by atoms with Crippen molar-refractivity contribution in [2.45, 2.75) is 6.18 Å². The molecule has 0 aliphatic carbocycles. The van der Waals surface area contributed by atoms with E-state index in [1.165, 1.54) is 30.3 Å². The Balaban J connectivity index is 2.11. The molecular weight excluding hydrogens is 317 g/mol. The highest BCUT2D eigenvalue weighted by Crippen LogP contribution is 2.36. The second-order valence-electron chi connectivity index (χ2n) is 4.42. The lowest BCUT2D eigenvalue weighted by molar-refractivity contribution is -0.142. The van der Waals surface area contributed by atoms with Crippen LogP contribution in [-0.2, 0) is 6.18 Å². The van der Waals surface area contributed by atoms with Gasteiger partial charge in [-0.1, -0.05) is 23.7 Å². The summed E-state index contributed by atoms with van der Waals surface area (Å²) in [5, 5.41) is 0.452. The number of nitrogens with zero attached hydrogens (tertiary/aromatic N) is 2. The number of halogens is 4. The maximum atomic E-state index is 13.1. The number of rotatable bonds is 2. The third-order valence-corrected chi connectivity index (χ3v) is 3.09. The summed E-state index contributed by atoms with van der Waals surface area (Å²) >= 11 is 5.73. The molecule has 3 nitrogen and oxygen atoms in total. The van der Waals surface area contributed by atoms with Crippen LogP contribution in [0.5, 0.6) is 11.6 Å². The van der Waals surface area contributed by atoms with E-state index < -0.39 is 17.8 Å². The van der Waals surface area contributed by atoms with Gasteiger partial charge < -0.3 is 4.74 Å². The molecule has 0 aliphatic rings. The molecule has 0 unspecified atom stereocenters. The van der Waals surface area contributed by atoms with Crippen LogP contribution >= 0.6 is 11.6 Å². The minimum Gasteiger partial charge on any atom is -0.437 e. The Morgan fingerprint density at radius 3 is 2.05 bits per heavy atom. The molecule has 0 bridgehead atoms. The van der Waals surface area contributed by atoms with Gasteiger partial charge in [0.25, 0.3) is 5.88 Å². The second kappa shape index (κ2) is 5.46. The molecule has 0 saturated carbocycles. The topological polar surface area (TPSA) is 35.0 Å². The van der Waals surface area contributed by atoms with E-state index in [1.54, 1.807) is 18.2 Å². The molecule has 0 N–H and O–H groups in total. The molecule has 0 radical (unpaired) electrons. The Labute approximate surface area is 128 Å². The normalized spacial score (nSPS) is 11.6. The number of fused-ring (bicyclic) bond motifs is 1. The predicted octanol–water partition coefficient (Wildman–Crippen LogP) is 5.09. The van der Waals surface area contributed by atoms with Crippen molar-refractivity contribution in [2.75, 3.05) is 0 Å². The molecule has 1 heterocycles. The van der Waals surface area contributed by atoms with Crippen LogP contribution in [0.2, 0.25) is 5.02 Å². The second-order valence-corrected chi connectivity index (χ2v) is 4.86. The Morgan fingerprint density at radius 2 is 1.45 bits per heavy atom. The number of para-hydroxylation sites is 2. The predicted molar refractivity (Wildman–Crippen MR) is 76.1 cm³/mol. The van der Waals surface area contributed by atoms with Gasteiger partial charge in [-0.15, -0.1) is 0 Å². The summed E-state index contributed by atoms with van der Waals surface area (Å²) in [6, 6.07) is 12.2. The van der Waals surface area contributed by atoms with Gasteiger partial charge in [0.05, 0.1) is 11.0 Å². The molecule has 112 valence electrons. The first kappa shape index (κ1) is 14.6. The highest BCUT2D eigenvalue weighted by Gasteiger charge is 2.38. The van der Waals surface area contributed by atoms with E-state index in [0.29, 0.717) is 10.5 Å². The van der Waals surface area contributed by atoms with Crippen molar-refractivity contribution in [1.29, 1.82) is 0 Å². The van der Waals surface area contributed by atoms with Gasteiger partial charge in [-0.05, 0) is 36.4 Å². The van der Waals surface area contributed by atoms with Gasteiger partial charge in [0.1, 0.15) is 5.75 Å². The third-order valence-electron chi connectivity index (χ3n) is 2.84. The van der Waals surface area contributed by atoms with Crippen LogP contribution in [-0.4, -0.2) is 9.97 Å². The van der Waals surface area contributed by atoms with Gasteiger partial charge in [-0.3, -0.25) is 0 Å². The number of aromatic nitrogens is 2. The quantitative estimate of drug-likeness (QED) is 0.658. The van der Waals surface area contributed by atoms with Crippen molar-refractivity contribution in [3.63, 3.8) is 0 Å². The molecule has 0 amide bonds. The average Bonchev–Trinajstić information content (AvgIpc) is 2.48. The minimum atomic E-state index is -4.67. The molecule has 0 saturated heterocycles. The number of alkyl halides is 3. The van der Waals surface area contributed by atoms with E-state index in [9.17, 15) is 13.2 Å². The summed E-state index contributed by atoms with van der Waals surface area (Å²) in [5.74, 6) is -0.395. The Morgan fingerprint density at radius 1 is 0.864 bits per heavy atom. The van der Waals surface area contributed by atoms with Crippen LogP contribution in [0.3, 0.4) is 0 Å². The van der Waals surface area contributed by atoms with E-state index in [1.807, 2.05) is 0 Å². The lowest BCUT2D eigenvalue weighted by Crippen LogP contribution is -2.11. The van der Waals surface area contributed by atoms with Crippen molar-refractivity contribution in [2.24, 2.45) is 0 Å². The maximum Gasteiger partial charge on any atom is 0.438 e. The summed E-state index contributed by atoms with van der Waals surface area (Å²) in [6.45, 7) is 0. The molecule has 0 aliphatic heterocycles. The average molecular weight is 325 g/mol. The van der Waals surface area contributed by atoms with Crippen molar-refractivity contribution in [3.05, 3.63) is 59.2 Å². The van der Waals surface area contributed by atoms with Crippen molar-refractivity contribution in [1.82, 2.24) is 9.97 Å². The molecule has 0 spiro atoms. The first-order valence-corrected chi connectivity index (χ1v) is 6.59. The van der Waals surface area contributed by atoms with E-state index >= 15 is 0 Å². The van der Waals surface area contributed by atoms with Crippen LogP contribution in [0.15, 0.2) is 48.5 Å². The lowest BCUT2D eigenvalue weighted by atomic mass is 10.3. The first-order chi connectivity index (χ1) is 10.4. The highest BCUT2D eigenvalue weighted by molar-refractivity contribution is 6.30. The zero-order valence-corrected chi connectivity index (χ0v) is 11.7. The zero-order chi connectivity index (χ0) is 15.7. The van der Waals surface area contributed by atoms with Gasteiger partial charge in [-0.25, -0.2) is 9.97 Å². The largest absolute Gasteiger partial charge is 0.438 e. The molecule has 1 aromatic heterocycles. The molecule has 0 fully saturated rings. The molecule has 22 heavy (non-hydrogen) atoms. The van der Waals surface area contributed by atoms with Crippen LogP contribution in [0.1, 0.15) is 5.69 Å². The van der Waals surface area contributed by atoms with E-state index in [-0.39, 0.29) is 11.3 Å². The van der Waals surface area contributed by atoms with Gasteiger partial charge in [0.2, 0.25) is 5.69 Å². The van der Waals surface area contributed by atoms with Gasteiger partial charge >= 0.3 is 6.18 Å². The van der Waals surface area contributed by atoms with Crippen molar-refractivity contribution < 1.29 is 17.9 Å². The summed E-state index contributed by atoms with van der Waals surface area (Å²) in [7, 11) is 0. The zero-order valence-electron chi connectivity index (χ0n) is 10.9. The van der Waals surface area contributed by atoms with Crippen molar-refractivity contribution in [3.8, 4) is 11.6 Å². The Kier molecular flexibility index (Phi) is 3.62. The van der Waals surface area contributed by atoms with Gasteiger partial charge in [0, 0.05) is 5.02 Å². The monoisotopic (exact) mass is 324 g/mol. The fraction of sp³-hybridized carbons (Fsp3) is 0.0667. The molecule has 0 atom stereocenters. The fourth-order valence-electron chi connectivity index (χ4n) is 1.85. The Bertz CT molecular complexity index is 819. The van der Waals surface area contributed by atoms with Crippen LogP contribution in [0.4, 0.5) is 13.2 Å². The highest BCUT2D eigenvalue weighted by atomic mass is 35.5. The van der Waals surface area contributed by atoms with Crippen LogP contribution in [0, 0.1) is 0 Å². The summed E-state index contributed by atoms with van der Waals surface area (Å²) in [4.78, 5) is 7.54. The third kappa shape index (κ3) is 2.96. The molecule has 3 rings (SSSR count). The lowest BCUT2D eigenvalue weighted by Gasteiger charge is -2.12. The molecule has 2 aromatic carbocycles. The fourth-order valence-corrected chi connectivity index (χ4v) is 1.98. The number of hydrogen-bond acceptors (Lipinski definition) is 3. The Hall–Kier alpha value is -2.34. The van der Waals surface area contributed by atoms with Gasteiger partial charge in [-0.2, -0.15) is 13.2 Å². The van der Waals surface area contributed by atoms with E-state index in [4.69, 9.17) is 16.3 Å².